The molecule has 2 aromatic rings. The van der Waals surface area contributed by atoms with E-state index in [4.69, 9.17) is 83.8 Å². The van der Waals surface area contributed by atoms with Gasteiger partial charge in [0, 0.05) is 12.1 Å². The van der Waals surface area contributed by atoms with Crippen molar-refractivity contribution < 1.29 is 14.2 Å². The molecular weight excluding hydrogens is 429 g/mol. The number of halogens is 6. The highest BCUT2D eigenvalue weighted by Crippen LogP contribution is 2.49. The Bertz CT molecular complexity index is 700. The topological polar surface area (TPSA) is 27.7 Å². The molecule has 0 atom stereocenters. The van der Waals surface area contributed by atoms with E-state index in [-0.39, 0.29) is 53.1 Å². The SMILES string of the molecule is COc1c(Oc2cc(Cl)c(Cl)c(Cl)c2OC)cc(Cl)c(Cl)c1Cl. The van der Waals surface area contributed by atoms with Crippen molar-refractivity contribution in [3.05, 3.63) is 42.3 Å². The van der Waals surface area contributed by atoms with Crippen LogP contribution in [0.15, 0.2) is 12.1 Å². The molecule has 0 saturated heterocycles. The van der Waals surface area contributed by atoms with E-state index in [1.54, 1.807) is 0 Å². The summed E-state index contributed by atoms with van der Waals surface area (Å²) in [7, 11) is 2.83. The molecule has 23 heavy (non-hydrogen) atoms. The van der Waals surface area contributed by atoms with Gasteiger partial charge in [0.25, 0.3) is 0 Å². The number of hydrogen-bond donors (Lipinski definition) is 0. The van der Waals surface area contributed by atoms with E-state index in [1.165, 1.54) is 26.4 Å². The molecule has 0 aliphatic rings. The molecule has 0 aromatic heterocycles. The maximum Gasteiger partial charge on any atom is 0.181 e. The van der Waals surface area contributed by atoms with Gasteiger partial charge in [0.2, 0.25) is 0 Å². The Hall–Kier alpha value is -0.420. The van der Waals surface area contributed by atoms with E-state index in [2.05, 4.69) is 0 Å². The predicted octanol–water partition coefficient (Wildman–Crippen LogP) is 7.42. The third kappa shape index (κ3) is 3.65. The lowest BCUT2D eigenvalue weighted by molar-refractivity contribution is 0.357. The van der Waals surface area contributed by atoms with Gasteiger partial charge in [0.1, 0.15) is 10.0 Å². The summed E-state index contributed by atoms with van der Waals surface area (Å²) in [6.45, 7) is 0. The Morgan fingerprint density at radius 1 is 0.609 bits per heavy atom. The number of rotatable bonds is 4. The summed E-state index contributed by atoms with van der Waals surface area (Å²) in [6.07, 6.45) is 0. The van der Waals surface area contributed by atoms with E-state index >= 15 is 0 Å². The molecule has 0 heterocycles. The number of hydrogen-bond acceptors (Lipinski definition) is 3. The molecule has 0 N–H and O–H groups in total. The average Bonchev–Trinajstić information content (AvgIpc) is 2.51. The third-order valence-corrected chi connectivity index (χ3v) is 5.28. The van der Waals surface area contributed by atoms with E-state index in [0.717, 1.165) is 0 Å². The third-order valence-electron chi connectivity index (χ3n) is 2.79. The van der Waals surface area contributed by atoms with E-state index in [0.29, 0.717) is 0 Å². The minimum absolute atomic E-state index is 0.113. The maximum atomic E-state index is 6.11. The lowest BCUT2D eigenvalue weighted by Crippen LogP contribution is -1.96. The molecule has 124 valence electrons. The zero-order valence-corrected chi connectivity index (χ0v) is 16.2. The van der Waals surface area contributed by atoms with Crippen LogP contribution in [0.5, 0.6) is 23.0 Å². The lowest BCUT2D eigenvalue weighted by Gasteiger charge is -2.17. The lowest BCUT2D eigenvalue weighted by atomic mass is 10.3. The molecule has 3 nitrogen and oxygen atoms in total. The van der Waals surface area contributed by atoms with Crippen molar-refractivity contribution in [1.82, 2.24) is 0 Å². The fourth-order valence-electron chi connectivity index (χ4n) is 1.76. The minimum Gasteiger partial charge on any atom is -0.491 e. The van der Waals surface area contributed by atoms with Crippen LogP contribution >= 0.6 is 69.6 Å². The number of benzene rings is 2. The van der Waals surface area contributed by atoms with Gasteiger partial charge >= 0.3 is 0 Å². The van der Waals surface area contributed by atoms with Gasteiger partial charge < -0.3 is 14.2 Å². The molecular formula is C14H8Cl6O3. The summed E-state index contributed by atoms with van der Waals surface area (Å²) in [4.78, 5) is 0. The normalized spacial score (nSPS) is 10.6. The Morgan fingerprint density at radius 3 is 1.26 bits per heavy atom. The number of methoxy groups -OCH3 is 2. The van der Waals surface area contributed by atoms with Gasteiger partial charge in [0.15, 0.2) is 23.0 Å². The Labute approximate surface area is 162 Å². The molecule has 2 rings (SSSR count). The summed E-state index contributed by atoms with van der Waals surface area (Å²) >= 11 is 36.2. The van der Waals surface area contributed by atoms with Crippen molar-refractivity contribution in [2.75, 3.05) is 14.2 Å². The van der Waals surface area contributed by atoms with Crippen LogP contribution in [0, 0.1) is 0 Å². The maximum absolute atomic E-state index is 6.11. The van der Waals surface area contributed by atoms with Gasteiger partial charge in [-0.15, -0.1) is 0 Å². The van der Waals surface area contributed by atoms with Crippen molar-refractivity contribution in [2.45, 2.75) is 0 Å². The molecule has 0 amide bonds. The highest BCUT2D eigenvalue weighted by Gasteiger charge is 2.21. The highest BCUT2D eigenvalue weighted by molar-refractivity contribution is 6.49. The standard InChI is InChI=1S/C14H8Cl6O3/c1-21-13-7(3-5(15)9(17)11(13)19)23-8-4-6(16)10(18)12(20)14(8)22-2/h3-4H,1-2H3. The van der Waals surface area contributed by atoms with Gasteiger partial charge in [0.05, 0.1) is 34.3 Å². The van der Waals surface area contributed by atoms with Crippen LogP contribution < -0.4 is 14.2 Å². The zero-order chi connectivity index (χ0) is 17.3. The van der Waals surface area contributed by atoms with Crippen LogP contribution in [0.2, 0.25) is 30.1 Å². The first-order valence-corrected chi connectivity index (χ1v) is 8.19. The molecule has 0 unspecified atom stereocenters. The second-order valence-electron chi connectivity index (χ2n) is 4.14. The summed E-state index contributed by atoms with van der Waals surface area (Å²) in [6, 6.07) is 2.90. The Balaban J connectivity index is 2.60. The van der Waals surface area contributed by atoms with Gasteiger partial charge in [-0.2, -0.15) is 0 Å². The van der Waals surface area contributed by atoms with Crippen LogP contribution in [-0.4, -0.2) is 14.2 Å². The summed E-state index contributed by atoms with van der Waals surface area (Å²) in [5, 5.41) is 0.909. The van der Waals surface area contributed by atoms with E-state index in [1.807, 2.05) is 0 Å². The van der Waals surface area contributed by atoms with Crippen LogP contribution in [0.1, 0.15) is 0 Å². The fraction of sp³-hybridized carbons (Fsp3) is 0.143. The Kier molecular flexibility index (Phi) is 6.28. The molecule has 0 radical (unpaired) electrons. The van der Waals surface area contributed by atoms with Crippen molar-refractivity contribution in [1.29, 1.82) is 0 Å². The summed E-state index contributed by atoms with van der Waals surface area (Å²) < 4.78 is 16.2. The van der Waals surface area contributed by atoms with Gasteiger partial charge in [-0.1, -0.05) is 69.6 Å². The minimum atomic E-state index is 0.113. The smallest absolute Gasteiger partial charge is 0.181 e. The van der Waals surface area contributed by atoms with E-state index < -0.39 is 0 Å². The molecule has 9 heteroatoms. The largest absolute Gasteiger partial charge is 0.491 e. The molecule has 0 fully saturated rings. The molecule has 0 aliphatic heterocycles. The van der Waals surface area contributed by atoms with Crippen molar-refractivity contribution >= 4 is 69.6 Å². The van der Waals surface area contributed by atoms with Crippen LogP contribution in [0.25, 0.3) is 0 Å². The highest BCUT2D eigenvalue weighted by atomic mass is 35.5. The second-order valence-corrected chi connectivity index (χ2v) is 6.46. The fourth-order valence-corrected chi connectivity index (χ4v) is 3.07. The van der Waals surface area contributed by atoms with Crippen molar-refractivity contribution in [2.24, 2.45) is 0 Å². The van der Waals surface area contributed by atoms with Crippen LogP contribution in [0.3, 0.4) is 0 Å². The molecule has 2 aromatic carbocycles. The molecule has 0 aliphatic carbocycles. The predicted molar refractivity (Wildman–Crippen MR) is 96.1 cm³/mol. The molecule has 0 saturated carbocycles. The average molecular weight is 437 g/mol. The summed E-state index contributed by atoms with van der Waals surface area (Å²) in [5.41, 5.74) is 0. The van der Waals surface area contributed by atoms with Crippen LogP contribution in [0.4, 0.5) is 0 Å². The van der Waals surface area contributed by atoms with Crippen LogP contribution in [-0.2, 0) is 0 Å². The van der Waals surface area contributed by atoms with Gasteiger partial charge in [-0.05, 0) is 0 Å². The Morgan fingerprint density at radius 2 is 0.957 bits per heavy atom. The van der Waals surface area contributed by atoms with Gasteiger partial charge in [-0.3, -0.25) is 0 Å². The quantitative estimate of drug-likeness (QED) is 0.467. The first-order valence-electron chi connectivity index (χ1n) is 5.92. The molecule has 0 spiro atoms. The number of ether oxygens (including phenoxy) is 3. The molecule has 0 bridgehead atoms. The first-order chi connectivity index (χ1) is 10.8. The van der Waals surface area contributed by atoms with E-state index in [9.17, 15) is 0 Å². The second kappa shape index (κ2) is 7.64. The first kappa shape index (κ1) is 18.9. The zero-order valence-electron chi connectivity index (χ0n) is 11.6. The van der Waals surface area contributed by atoms with Crippen molar-refractivity contribution in [3.8, 4) is 23.0 Å². The van der Waals surface area contributed by atoms with Crippen molar-refractivity contribution in [3.63, 3.8) is 0 Å². The van der Waals surface area contributed by atoms with Gasteiger partial charge in [-0.25, -0.2) is 0 Å². The summed E-state index contributed by atoms with van der Waals surface area (Å²) in [5.74, 6) is 0.815. The monoisotopic (exact) mass is 434 g/mol.